The van der Waals surface area contributed by atoms with Crippen molar-refractivity contribution in [2.75, 3.05) is 13.2 Å². The molecule has 0 N–H and O–H groups in total. The second-order valence-corrected chi connectivity index (χ2v) is 10.7. The van der Waals surface area contributed by atoms with Crippen LogP contribution in [-0.4, -0.2) is 31.6 Å². The largest absolute Gasteiger partial charge is 0.462 e. The lowest BCUT2D eigenvalue weighted by Crippen LogP contribution is -2.39. The quantitative estimate of drug-likeness (QED) is 0.633. The van der Waals surface area contributed by atoms with Crippen LogP contribution in [0.3, 0.4) is 0 Å². The van der Waals surface area contributed by atoms with E-state index in [0.717, 1.165) is 18.3 Å². The van der Waals surface area contributed by atoms with Gasteiger partial charge in [-0.1, -0.05) is 41.0 Å². The molecular formula is C22H38O4. The van der Waals surface area contributed by atoms with E-state index in [9.17, 15) is 4.79 Å². The Morgan fingerprint density at radius 2 is 1.88 bits per heavy atom. The minimum Gasteiger partial charge on any atom is -0.462 e. The van der Waals surface area contributed by atoms with Crippen LogP contribution in [0.5, 0.6) is 0 Å². The van der Waals surface area contributed by atoms with Gasteiger partial charge in [0.2, 0.25) is 0 Å². The van der Waals surface area contributed by atoms with Crippen molar-refractivity contribution in [1.29, 1.82) is 0 Å². The Balaban J connectivity index is 1.49. The van der Waals surface area contributed by atoms with Crippen LogP contribution in [-0.2, 0) is 19.0 Å². The van der Waals surface area contributed by atoms with Crippen LogP contribution in [0.25, 0.3) is 0 Å². The van der Waals surface area contributed by atoms with Crippen LogP contribution in [0.1, 0.15) is 73.6 Å². The summed E-state index contributed by atoms with van der Waals surface area (Å²) in [6.07, 6.45) is 5.93. The number of hydrogen-bond donors (Lipinski definition) is 0. The van der Waals surface area contributed by atoms with E-state index in [1.54, 1.807) is 0 Å². The van der Waals surface area contributed by atoms with Gasteiger partial charge in [0, 0.05) is 5.92 Å². The minimum atomic E-state index is -0.471. The van der Waals surface area contributed by atoms with Crippen LogP contribution < -0.4 is 0 Å². The molecule has 2 bridgehead atoms. The summed E-state index contributed by atoms with van der Waals surface area (Å²) in [4.78, 5) is 12.9. The highest BCUT2D eigenvalue weighted by molar-refractivity contribution is 5.76. The van der Waals surface area contributed by atoms with Crippen molar-refractivity contribution >= 4 is 5.97 Å². The molecule has 3 rings (SSSR count). The summed E-state index contributed by atoms with van der Waals surface area (Å²) in [5.74, 6) is 2.35. The molecule has 3 fully saturated rings. The molecule has 26 heavy (non-hydrogen) atoms. The molecule has 6 atom stereocenters. The van der Waals surface area contributed by atoms with Gasteiger partial charge in [-0.2, -0.15) is 0 Å². The maximum Gasteiger partial charge on any atom is 0.312 e. The zero-order chi connectivity index (χ0) is 19.1. The molecule has 6 unspecified atom stereocenters. The first kappa shape index (κ1) is 20.1. The molecule has 0 aromatic carbocycles. The first-order chi connectivity index (χ1) is 12.1. The van der Waals surface area contributed by atoms with Gasteiger partial charge in [-0.05, 0) is 55.8 Å². The van der Waals surface area contributed by atoms with E-state index in [0.29, 0.717) is 19.1 Å². The molecule has 2 saturated carbocycles. The highest BCUT2D eigenvalue weighted by Crippen LogP contribution is 2.51. The minimum absolute atomic E-state index is 0.0812. The second kappa shape index (κ2) is 7.43. The van der Waals surface area contributed by atoms with Gasteiger partial charge in [0.15, 0.2) is 6.29 Å². The van der Waals surface area contributed by atoms with Gasteiger partial charge in [-0.25, -0.2) is 0 Å². The number of fused-ring (bicyclic) bond motifs is 2. The molecule has 0 radical (unpaired) electrons. The summed E-state index contributed by atoms with van der Waals surface area (Å²) in [6.45, 7) is 13.6. The Morgan fingerprint density at radius 1 is 1.15 bits per heavy atom. The summed E-state index contributed by atoms with van der Waals surface area (Å²) in [5.41, 5.74) is -0.389. The van der Waals surface area contributed by atoms with Crippen molar-refractivity contribution in [3.63, 3.8) is 0 Å². The second-order valence-electron chi connectivity index (χ2n) is 10.7. The molecule has 150 valence electrons. The lowest BCUT2D eigenvalue weighted by atomic mass is 9.69. The van der Waals surface area contributed by atoms with Gasteiger partial charge in [-0.15, -0.1) is 0 Å². The smallest absolute Gasteiger partial charge is 0.312 e. The number of hydrogen-bond acceptors (Lipinski definition) is 4. The standard InChI is InChI=1S/C22H38O4/c1-14(2)22(6,13-21(3,4)5)20(23)25-12-17-11-24-19(26-17)18-10-15-7-8-16(18)9-15/h14-19H,7-13H2,1-6H3. The summed E-state index contributed by atoms with van der Waals surface area (Å²) in [6, 6.07) is 0. The molecule has 0 spiro atoms. The molecule has 0 aromatic heterocycles. The number of ether oxygens (including phenoxy) is 3. The Bertz CT molecular complexity index is 509. The fourth-order valence-electron chi connectivity index (χ4n) is 5.36. The third kappa shape index (κ3) is 4.27. The maximum absolute atomic E-state index is 12.9. The predicted octanol–water partition coefficient (Wildman–Crippen LogP) is 4.81. The molecule has 3 aliphatic rings. The molecule has 4 heteroatoms. The van der Waals surface area contributed by atoms with Gasteiger partial charge in [0.05, 0.1) is 12.0 Å². The SMILES string of the molecule is CC(C)C(C)(CC(C)(C)C)C(=O)OCC1COC(C2CC3CCC2C3)O1. The Labute approximate surface area is 159 Å². The van der Waals surface area contributed by atoms with E-state index in [2.05, 4.69) is 34.6 Å². The van der Waals surface area contributed by atoms with Gasteiger partial charge >= 0.3 is 5.97 Å². The van der Waals surface area contributed by atoms with E-state index >= 15 is 0 Å². The molecule has 0 aromatic rings. The molecule has 0 amide bonds. The van der Waals surface area contributed by atoms with Gasteiger partial charge < -0.3 is 14.2 Å². The van der Waals surface area contributed by atoms with E-state index in [-0.39, 0.29) is 29.7 Å². The van der Waals surface area contributed by atoms with Crippen LogP contribution in [0.4, 0.5) is 0 Å². The third-order valence-electron chi connectivity index (χ3n) is 6.95. The molecule has 1 heterocycles. The monoisotopic (exact) mass is 366 g/mol. The average Bonchev–Trinajstić information content (AvgIpc) is 3.26. The highest BCUT2D eigenvalue weighted by atomic mass is 16.7. The fraction of sp³-hybridized carbons (Fsp3) is 0.955. The van der Waals surface area contributed by atoms with Crippen molar-refractivity contribution in [1.82, 2.24) is 0 Å². The molecule has 4 nitrogen and oxygen atoms in total. The lowest BCUT2D eigenvalue weighted by molar-refractivity contribution is -0.165. The van der Waals surface area contributed by atoms with Crippen molar-refractivity contribution in [3.8, 4) is 0 Å². The normalized spacial score (nSPS) is 36.5. The summed E-state index contributed by atoms with van der Waals surface area (Å²) in [5, 5.41) is 0. The maximum atomic E-state index is 12.9. The number of esters is 1. The summed E-state index contributed by atoms with van der Waals surface area (Å²) in [7, 11) is 0. The molecular weight excluding hydrogens is 328 g/mol. The van der Waals surface area contributed by atoms with Crippen LogP contribution in [0.15, 0.2) is 0 Å². The van der Waals surface area contributed by atoms with Crippen LogP contribution in [0.2, 0.25) is 0 Å². The Kier molecular flexibility index (Phi) is 5.75. The zero-order valence-corrected chi connectivity index (χ0v) is 17.5. The molecule has 1 saturated heterocycles. The van der Waals surface area contributed by atoms with Gasteiger partial charge in [-0.3, -0.25) is 4.79 Å². The van der Waals surface area contributed by atoms with E-state index < -0.39 is 5.41 Å². The topological polar surface area (TPSA) is 44.8 Å². The van der Waals surface area contributed by atoms with Crippen LogP contribution in [0, 0.1) is 34.5 Å². The highest BCUT2D eigenvalue weighted by Gasteiger charge is 2.47. The number of carbonyl (C=O) groups excluding carboxylic acids is 1. The van der Waals surface area contributed by atoms with Crippen LogP contribution >= 0.6 is 0 Å². The number of carbonyl (C=O) groups is 1. The van der Waals surface area contributed by atoms with Crippen molar-refractivity contribution in [3.05, 3.63) is 0 Å². The fourth-order valence-corrected chi connectivity index (χ4v) is 5.36. The van der Waals surface area contributed by atoms with Gasteiger partial charge in [0.1, 0.15) is 12.7 Å². The summed E-state index contributed by atoms with van der Waals surface area (Å²) < 4.78 is 17.8. The van der Waals surface area contributed by atoms with Crippen molar-refractivity contribution in [2.24, 2.45) is 34.5 Å². The van der Waals surface area contributed by atoms with E-state index in [4.69, 9.17) is 14.2 Å². The van der Waals surface area contributed by atoms with E-state index in [1.807, 2.05) is 6.92 Å². The number of rotatable bonds is 6. The first-order valence-electron chi connectivity index (χ1n) is 10.5. The first-order valence-corrected chi connectivity index (χ1v) is 10.5. The average molecular weight is 367 g/mol. The lowest BCUT2D eigenvalue weighted by Gasteiger charge is -2.37. The molecule has 1 aliphatic heterocycles. The van der Waals surface area contributed by atoms with Gasteiger partial charge in [0.25, 0.3) is 0 Å². The third-order valence-corrected chi connectivity index (χ3v) is 6.95. The summed E-state index contributed by atoms with van der Waals surface area (Å²) >= 11 is 0. The predicted molar refractivity (Wildman–Crippen MR) is 102 cm³/mol. The Hall–Kier alpha value is -0.610. The Morgan fingerprint density at radius 3 is 2.42 bits per heavy atom. The zero-order valence-electron chi connectivity index (χ0n) is 17.5. The van der Waals surface area contributed by atoms with E-state index in [1.165, 1.54) is 25.7 Å². The van der Waals surface area contributed by atoms with Crippen molar-refractivity contribution < 1.29 is 19.0 Å². The van der Waals surface area contributed by atoms with Crippen molar-refractivity contribution in [2.45, 2.75) is 86.0 Å². The molecule has 2 aliphatic carbocycles.